The van der Waals surface area contributed by atoms with Crippen molar-refractivity contribution in [1.82, 2.24) is 9.78 Å². The van der Waals surface area contributed by atoms with Crippen LogP contribution in [-0.4, -0.2) is 15.8 Å². The third-order valence-electron chi connectivity index (χ3n) is 3.21. The Labute approximate surface area is 85.5 Å². The molecule has 0 aliphatic heterocycles. The highest BCUT2D eigenvalue weighted by Gasteiger charge is 2.17. The molecule has 1 aromatic heterocycles. The summed E-state index contributed by atoms with van der Waals surface area (Å²) in [5, 5.41) is 8.02. The van der Waals surface area contributed by atoms with Gasteiger partial charge in [0.2, 0.25) is 0 Å². The molecule has 1 aliphatic carbocycles. The fraction of sp³-hybridized carbons (Fsp3) is 0.727. The number of nitrogens with zero attached hydrogens (tertiary/aromatic N) is 2. The van der Waals surface area contributed by atoms with E-state index >= 15 is 0 Å². The highest BCUT2D eigenvalue weighted by atomic mass is 15.3. The van der Waals surface area contributed by atoms with Crippen molar-refractivity contribution in [3.63, 3.8) is 0 Å². The van der Waals surface area contributed by atoms with Crippen LogP contribution in [0.1, 0.15) is 37.1 Å². The standard InChI is InChI=1S/C11H19N3/c1-8-11(9(2)14(3)13-8)12-10-6-4-5-7-10/h10,12H,4-7H2,1-3H3. The molecule has 0 bridgehead atoms. The molecule has 1 saturated carbocycles. The molecule has 0 spiro atoms. The van der Waals surface area contributed by atoms with Gasteiger partial charge in [-0.1, -0.05) is 12.8 Å². The Morgan fingerprint density at radius 2 is 1.93 bits per heavy atom. The summed E-state index contributed by atoms with van der Waals surface area (Å²) in [5.74, 6) is 0. The lowest BCUT2D eigenvalue weighted by molar-refractivity contribution is 0.729. The van der Waals surface area contributed by atoms with E-state index in [0.717, 1.165) is 5.69 Å². The summed E-state index contributed by atoms with van der Waals surface area (Å²) in [6, 6.07) is 0.677. The van der Waals surface area contributed by atoms with Crippen LogP contribution in [0.25, 0.3) is 0 Å². The predicted molar refractivity (Wildman–Crippen MR) is 58.6 cm³/mol. The molecule has 14 heavy (non-hydrogen) atoms. The lowest BCUT2D eigenvalue weighted by atomic mass is 10.2. The van der Waals surface area contributed by atoms with E-state index in [9.17, 15) is 0 Å². The van der Waals surface area contributed by atoms with E-state index in [1.165, 1.54) is 37.1 Å². The average Bonchev–Trinajstić information content (AvgIpc) is 2.71. The molecule has 0 aromatic carbocycles. The van der Waals surface area contributed by atoms with Crippen molar-refractivity contribution >= 4 is 5.69 Å². The minimum absolute atomic E-state index is 0.677. The van der Waals surface area contributed by atoms with E-state index < -0.39 is 0 Å². The van der Waals surface area contributed by atoms with Crippen molar-refractivity contribution in [3.05, 3.63) is 11.4 Å². The Bertz CT molecular complexity index is 322. The summed E-state index contributed by atoms with van der Waals surface area (Å²) in [4.78, 5) is 0. The highest BCUT2D eigenvalue weighted by molar-refractivity contribution is 5.52. The molecule has 0 saturated heterocycles. The van der Waals surface area contributed by atoms with Gasteiger partial charge in [-0.2, -0.15) is 5.10 Å². The third-order valence-corrected chi connectivity index (χ3v) is 3.21. The van der Waals surface area contributed by atoms with Gasteiger partial charge in [0.05, 0.1) is 17.1 Å². The largest absolute Gasteiger partial charge is 0.379 e. The van der Waals surface area contributed by atoms with Gasteiger partial charge in [-0.3, -0.25) is 4.68 Å². The van der Waals surface area contributed by atoms with Crippen molar-refractivity contribution in [1.29, 1.82) is 0 Å². The molecular formula is C11H19N3. The number of hydrogen-bond donors (Lipinski definition) is 1. The summed E-state index contributed by atoms with van der Waals surface area (Å²) in [6.45, 7) is 4.20. The maximum absolute atomic E-state index is 4.41. The van der Waals surface area contributed by atoms with Crippen LogP contribution in [0.4, 0.5) is 5.69 Å². The highest BCUT2D eigenvalue weighted by Crippen LogP contribution is 2.25. The van der Waals surface area contributed by atoms with E-state index in [-0.39, 0.29) is 0 Å². The Balaban J connectivity index is 2.14. The normalized spacial score (nSPS) is 17.6. The minimum atomic E-state index is 0.677. The van der Waals surface area contributed by atoms with Crippen LogP contribution in [-0.2, 0) is 7.05 Å². The molecule has 0 amide bonds. The minimum Gasteiger partial charge on any atom is -0.379 e. The van der Waals surface area contributed by atoms with Gasteiger partial charge >= 0.3 is 0 Å². The second-order valence-electron chi connectivity index (χ2n) is 4.30. The van der Waals surface area contributed by atoms with Crippen LogP contribution in [0.15, 0.2) is 0 Å². The Hall–Kier alpha value is -0.990. The molecular weight excluding hydrogens is 174 g/mol. The first kappa shape index (κ1) is 9.56. The maximum atomic E-state index is 4.41. The molecule has 0 unspecified atom stereocenters. The topological polar surface area (TPSA) is 29.9 Å². The number of anilines is 1. The van der Waals surface area contributed by atoms with E-state index in [1.54, 1.807) is 0 Å². The monoisotopic (exact) mass is 193 g/mol. The van der Waals surface area contributed by atoms with Crippen LogP contribution >= 0.6 is 0 Å². The number of rotatable bonds is 2. The van der Waals surface area contributed by atoms with Crippen molar-refractivity contribution in [3.8, 4) is 0 Å². The zero-order chi connectivity index (χ0) is 10.1. The van der Waals surface area contributed by atoms with Gasteiger partial charge in [-0.15, -0.1) is 0 Å². The van der Waals surface area contributed by atoms with Gasteiger partial charge in [0.25, 0.3) is 0 Å². The molecule has 1 fully saturated rings. The van der Waals surface area contributed by atoms with Gasteiger partial charge in [0, 0.05) is 13.1 Å². The molecule has 0 radical (unpaired) electrons. The molecule has 1 heterocycles. The number of nitrogens with one attached hydrogen (secondary N) is 1. The summed E-state index contributed by atoms with van der Waals surface area (Å²) < 4.78 is 1.95. The molecule has 0 atom stereocenters. The van der Waals surface area contributed by atoms with Crippen molar-refractivity contribution in [2.75, 3.05) is 5.32 Å². The third kappa shape index (κ3) is 1.63. The number of hydrogen-bond acceptors (Lipinski definition) is 2. The van der Waals surface area contributed by atoms with E-state index in [4.69, 9.17) is 0 Å². The molecule has 78 valence electrons. The molecule has 3 nitrogen and oxygen atoms in total. The van der Waals surface area contributed by atoms with Crippen LogP contribution in [0.2, 0.25) is 0 Å². The van der Waals surface area contributed by atoms with Gasteiger partial charge < -0.3 is 5.32 Å². The SMILES string of the molecule is Cc1nn(C)c(C)c1NC1CCCC1. The first-order valence-electron chi connectivity index (χ1n) is 5.45. The van der Waals surface area contributed by atoms with Crippen LogP contribution in [0.3, 0.4) is 0 Å². The van der Waals surface area contributed by atoms with Crippen molar-refractivity contribution in [2.45, 2.75) is 45.6 Å². The smallest absolute Gasteiger partial charge is 0.0827 e. The average molecular weight is 193 g/mol. The summed E-state index contributed by atoms with van der Waals surface area (Å²) in [7, 11) is 2.00. The molecule has 2 rings (SSSR count). The summed E-state index contributed by atoms with van der Waals surface area (Å²) in [6.07, 6.45) is 5.37. The van der Waals surface area contributed by atoms with Gasteiger partial charge in [0.1, 0.15) is 0 Å². The lowest BCUT2D eigenvalue weighted by Gasteiger charge is -2.13. The van der Waals surface area contributed by atoms with Crippen LogP contribution in [0.5, 0.6) is 0 Å². The fourth-order valence-corrected chi connectivity index (χ4v) is 2.26. The quantitative estimate of drug-likeness (QED) is 0.781. The number of aryl methyl sites for hydroxylation is 2. The van der Waals surface area contributed by atoms with Crippen LogP contribution < -0.4 is 5.32 Å². The zero-order valence-corrected chi connectivity index (χ0v) is 9.30. The van der Waals surface area contributed by atoms with E-state index in [1.807, 2.05) is 11.7 Å². The molecule has 3 heteroatoms. The molecule has 1 N–H and O–H groups in total. The Kier molecular flexibility index (Phi) is 2.48. The second kappa shape index (κ2) is 3.64. The summed E-state index contributed by atoms with van der Waals surface area (Å²) >= 11 is 0. The van der Waals surface area contributed by atoms with E-state index in [0.29, 0.717) is 6.04 Å². The van der Waals surface area contributed by atoms with Crippen molar-refractivity contribution < 1.29 is 0 Å². The van der Waals surface area contributed by atoms with Gasteiger partial charge in [-0.25, -0.2) is 0 Å². The fourth-order valence-electron chi connectivity index (χ4n) is 2.26. The van der Waals surface area contributed by atoms with Crippen molar-refractivity contribution in [2.24, 2.45) is 7.05 Å². The summed E-state index contributed by atoms with van der Waals surface area (Å²) in [5.41, 5.74) is 3.62. The van der Waals surface area contributed by atoms with Crippen LogP contribution in [0, 0.1) is 13.8 Å². The van der Waals surface area contributed by atoms with Gasteiger partial charge in [-0.05, 0) is 26.7 Å². The predicted octanol–water partition coefficient (Wildman–Crippen LogP) is 2.39. The number of aromatic nitrogens is 2. The lowest BCUT2D eigenvalue weighted by Crippen LogP contribution is -2.15. The second-order valence-corrected chi connectivity index (χ2v) is 4.30. The Morgan fingerprint density at radius 1 is 1.29 bits per heavy atom. The van der Waals surface area contributed by atoms with E-state index in [2.05, 4.69) is 24.3 Å². The molecule has 1 aromatic rings. The maximum Gasteiger partial charge on any atom is 0.0827 e. The zero-order valence-electron chi connectivity index (χ0n) is 9.30. The first-order valence-corrected chi connectivity index (χ1v) is 5.45. The molecule has 1 aliphatic rings. The Morgan fingerprint density at radius 3 is 2.43 bits per heavy atom. The first-order chi connectivity index (χ1) is 6.68. The van der Waals surface area contributed by atoms with Gasteiger partial charge in [0.15, 0.2) is 0 Å².